The number of primary amides is 1. The van der Waals surface area contributed by atoms with E-state index in [-0.39, 0.29) is 5.56 Å². The average Bonchev–Trinajstić information content (AvgIpc) is 2.36. The van der Waals surface area contributed by atoms with Gasteiger partial charge in [0.25, 0.3) is 5.91 Å². The van der Waals surface area contributed by atoms with E-state index in [9.17, 15) is 9.18 Å². The van der Waals surface area contributed by atoms with Crippen molar-refractivity contribution in [3.05, 3.63) is 29.6 Å². The molecule has 0 saturated heterocycles. The Bertz CT molecular complexity index is 407. The highest BCUT2D eigenvalue weighted by Crippen LogP contribution is 2.17. The second-order valence-electron chi connectivity index (χ2n) is 4.45. The smallest absolute Gasteiger partial charge is 0.251 e. The largest absolute Gasteiger partial charge is 0.382 e. The van der Waals surface area contributed by atoms with E-state index in [2.05, 4.69) is 19.2 Å². The van der Waals surface area contributed by atoms with Crippen LogP contribution in [0.4, 0.5) is 10.1 Å². The van der Waals surface area contributed by atoms with Crippen LogP contribution in [0.2, 0.25) is 0 Å². The molecule has 0 fully saturated rings. The Balaban J connectivity index is 2.77. The first-order chi connectivity index (χ1) is 8.58. The van der Waals surface area contributed by atoms with E-state index >= 15 is 0 Å². The molecular formula is C14H21FN2O. The zero-order valence-corrected chi connectivity index (χ0v) is 11.0. The molecule has 0 aliphatic heterocycles. The molecule has 0 aliphatic carbocycles. The molecule has 1 rings (SSSR count). The van der Waals surface area contributed by atoms with Crippen molar-refractivity contribution in [3.8, 4) is 0 Å². The van der Waals surface area contributed by atoms with Crippen LogP contribution in [0.3, 0.4) is 0 Å². The van der Waals surface area contributed by atoms with Gasteiger partial charge in [0.05, 0.1) is 5.56 Å². The van der Waals surface area contributed by atoms with Crippen LogP contribution in [0, 0.1) is 5.82 Å². The minimum atomic E-state index is -0.738. The maximum atomic E-state index is 13.3. The number of unbranched alkanes of at least 4 members (excludes halogenated alkanes) is 1. The number of nitrogens with one attached hydrogen (secondary N) is 1. The normalized spacial score (nSPS) is 12.2. The molecule has 1 unspecified atom stereocenters. The van der Waals surface area contributed by atoms with E-state index in [0.717, 1.165) is 31.4 Å². The maximum absolute atomic E-state index is 13.3. The number of carbonyl (C=O) groups is 1. The number of halogens is 1. The van der Waals surface area contributed by atoms with Crippen LogP contribution < -0.4 is 11.1 Å². The molecule has 1 atom stereocenters. The van der Waals surface area contributed by atoms with Crippen molar-refractivity contribution in [1.82, 2.24) is 0 Å². The molecule has 1 amide bonds. The number of carbonyl (C=O) groups excluding carboxylic acids is 1. The summed E-state index contributed by atoms with van der Waals surface area (Å²) in [6.07, 6.45) is 4.35. The molecule has 0 saturated carbocycles. The van der Waals surface area contributed by atoms with Gasteiger partial charge in [-0.15, -0.1) is 0 Å². The summed E-state index contributed by atoms with van der Waals surface area (Å²) in [4.78, 5) is 11.1. The van der Waals surface area contributed by atoms with E-state index in [1.165, 1.54) is 12.1 Å². The van der Waals surface area contributed by atoms with Gasteiger partial charge in [-0.25, -0.2) is 4.39 Å². The number of hydrogen-bond donors (Lipinski definition) is 2. The van der Waals surface area contributed by atoms with Crippen molar-refractivity contribution >= 4 is 11.6 Å². The van der Waals surface area contributed by atoms with Gasteiger partial charge in [-0.05, 0) is 31.0 Å². The highest BCUT2D eigenvalue weighted by molar-refractivity contribution is 5.94. The topological polar surface area (TPSA) is 55.1 Å². The molecule has 0 heterocycles. The van der Waals surface area contributed by atoms with Crippen molar-refractivity contribution in [2.45, 2.75) is 45.6 Å². The van der Waals surface area contributed by atoms with Crippen molar-refractivity contribution < 1.29 is 9.18 Å². The fourth-order valence-corrected chi connectivity index (χ4v) is 1.87. The molecule has 4 heteroatoms. The Morgan fingerprint density at radius 1 is 1.44 bits per heavy atom. The molecule has 1 aromatic rings. The van der Waals surface area contributed by atoms with E-state index in [1.54, 1.807) is 6.07 Å². The summed E-state index contributed by atoms with van der Waals surface area (Å²) in [5.41, 5.74) is 5.80. The Hall–Kier alpha value is -1.58. The van der Waals surface area contributed by atoms with Crippen LogP contribution in [0.25, 0.3) is 0 Å². The summed E-state index contributed by atoms with van der Waals surface area (Å²) in [6.45, 7) is 4.25. The maximum Gasteiger partial charge on any atom is 0.251 e. The van der Waals surface area contributed by atoms with Gasteiger partial charge in [-0.2, -0.15) is 0 Å². The summed E-state index contributed by atoms with van der Waals surface area (Å²) in [7, 11) is 0. The molecule has 0 aliphatic rings. The van der Waals surface area contributed by atoms with E-state index < -0.39 is 11.7 Å². The van der Waals surface area contributed by atoms with E-state index in [4.69, 9.17) is 5.73 Å². The second kappa shape index (κ2) is 6.99. The first-order valence-corrected chi connectivity index (χ1v) is 6.44. The third kappa shape index (κ3) is 4.02. The van der Waals surface area contributed by atoms with Crippen LogP contribution in [-0.4, -0.2) is 11.9 Å². The zero-order valence-electron chi connectivity index (χ0n) is 11.0. The number of amides is 1. The predicted molar refractivity (Wildman–Crippen MR) is 72.1 cm³/mol. The molecule has 3 N–H and O–H groups in total. The first-order valence-electron chi connectivity index (χ1n) is 6.44. The lowest BCUT2D eigenvalue weighted by Gasteiger charge is -2.18. The van der Waals surface area contributed by atoms with Crippen molar-refractivity contribution in [2.24, 2.45) is 5.73 Å². The minimum absolute atomic E-state index is 0.0645. The molecule has 0 radical (unpaired) electrons. The predicted octanol–water partition coefficient (Wildman–Crippen LogP) is 3.31. The fraction of sp³-hybridized carbons (Fsp3) is 0.500. The zero-order chi connectivity index (χ0) is 13.5. The molecule has 100 valence electrons. The van der Waals surface area contributed by atoms with Gasteiger partial charge in [0, 0.05) is 11.7 Å². The fourth-order valence-electron chi connectivity index (χ4n) is 1.87. The lowest BCUT2D eigenvalue weighted by atomic mass is 10.1. The van der Waals surface area contributed by atoms with Gasteiger partial charge in [-0.1, -0.05) is 26.7 Å². The highest BCUT2D eigenvalue weighted by Gasteiger charge is 2.11. The second-order valence-corrected chi connectivity index (χ2v) is 4.45. The monoisotopic (exact) mass is 252 g/mol. The first kappa shape index (κ1) is 14.5. The van der Waals surface area contributed by atoms with E-state index in [1.807, 2.05) is 0 Å². The minimum Gasteiger partial charge on any atom is -0.382 e. The van der Waals surface area contributed by atoms with Gasteiger partial charge in [0.15, 0.2) is 0 Å². The number of hydrogen-bond acceptors (Lipinski definition) is 2. The Morgan fingerprint density at radius 3 is 2.72 bits per heavy atom. The van der Waals surface area contributed by atoms with Gasteiger partial charge in [-0.3, -0.25) is 4.79 Å². The van der Waals surface area contributed by atoms with Gasteiger partial charge >= 0.3 is 0 Å². The standard InChI is InChI=1S/C14H21FN2O/c1-3-5-6-10(4-2)17-11-7-8-13(15)12(9-11)14(16)18/h7-10,17H,3-6H2,1-2H3,(H2,16,18). The van der Waals surface area contributed by atoms with E-state index in [0.29, 0.717) is 6.04 Å². The summed E-state index contributed by atoms with van der Waals surface area (Å²) >= 11 is 0. The average molecular weight is 252 g/mol. The molecule has 0 aromatic heterocycles. The summed E-state index contributed by atoms with van der Waals surface area (Å²) < 4.78 is 13.3. The van der Waals surface area contributed by atoms with Crippen molar-refractivity contribution in [3.63, 3.8) is 0 Å². The SMILES string of the molecule is CCCCC(CC)Nc1ccc(F)c(C(N)=O)c1. The van der Waals surface area contributed by atoms with Gasteiger partial charge < -0.3 is 11.1 Å². The number of benzene rings is 1. The van der Waals surface area contributed by atoms with Crippen LogP contribution in [0.5, 0.6) is 0 Å². The van der Waals surface area contributed by atoms with Crippen LogP contribution in [-0.2, 0) is 0 Å². The molecule has 3 nitrogen and oxygen atoms in total. The number of rotatable bonds is 7. The number of nitrogens with two attached hydrogens (primary N) is 1. The molecular weight excluding hydrogens is 231 g/mol. The third-order valence-electron chi connectivity index (χ3n) is 3.00. The molecule has 1 aromatic carbocycles. The van der Waals surface area contributed by atoms with Crippen LogP contribution in [0.1, 0.15) is 49.9 Å². The highest BCUT2D eigenvalue weighted by atomic mass is 19.1. The molecule has 0 spiro atoms. The lowest BCUT2D eigenvalue weighted by molar-refractivity contribution is 0.0996. The third-order valence-corrected chi connectivity index (χ3v) is 3.00. The molecule has 0 bridgehead atoms. The van der Waals surface area contributed by atoms with Gasteiger partial charge in [0.1, 0.15) is 5.82 Å². The quantitative estimate of drug-likeness (QED) is 0.782. The van der Waals surface area contributed by atoms with Gasteiger partial charge in [0.2, 0.25) is 0 Å². The van der Waals surface area contributed by atoms with Crippen LogP contribution >= 0.6 is 0 Å². The summed E-state index contributed by atoms with van der Waals surface area (Å²) in [6, 6.07) is 4.73. The number of anilines is 1. The van der Waals surface area contributed by atoms with Crippen molar-refractivity contribution in [1.29, 1.82) is 0 Å². The van der Waals surface area contributed by atoms with Crippen molar-refractivity contribution in [2.75, 3.05) is 5.32 Å². The Morgan fingerprint density at radius 2 is 2.17 bits per heavy atom. The lowest BCUT2D eigenvalue weighted by Crippen LogP contribution is -2.19. The summed E-state index contributed by atoms with van der Waals surface area (Å²) in [5, 5.41) is 3.31. The molecule has 18 heavy (non-hydrogen) atoms. The summed E-state index contributed by atoms with van der Waals surface area (Å²) in [5.74, 6) is -1.31. The Kier molecular flexibility index (Phi) is 5.62. The van der Waals surface area contributed by atoms with Crippen LogP contribution in [0.15, 0.2) is 18.2 Å². The Labute approximate surface area is 108 Å².